The molecule has 0 spiro atoms. The van der Waals surface area contributed by atoms with Crippen LogP contribution >= 0.6 is 11.6 Å². The topological polar surface area (TPSA) is 57.6 Å². The second-order valence-corrected chi connectivity index (χ2v) is 6.49. The summed E-state index contributed by atoms with van der Waals surface area (Å²) >= 11 is 5.78. The van der Waals surface area contributed by atoms with Crippen LogP contribution in [0.1, 0.15) is 12.5 Å². The minimum Gasteiger partial charge on any atom is -0.392 e. The number of hydrogen-bond donors (Lipinski definition) is 1. The third kappa shape index (κ3) is 3.42. The first-order chi connectivity index (χ1) is 7.75. The predicted octanol–water partition coefficient (Wildman–Crippen LogP) is 1.65. The normalized spacial score (nSPS) is 14.0. The van der Waals surface area contributed by atoms with Gasteiger partial charge in [-0.2, -0.15) is 4.31 Å². The number of likely N-dealkylation sites (N-methyl/N-ethyl adjacent to an activating group) is 1. The Morgan fingerprint density at radius 3 is 2.53 bits per heavy atom. The molecule has 0 aliphatic heterocycles. The van der Waals surface area contributed by atoms with Gasteiger partial charge in [0, 0.05) is 18.6 Å². The number of aliphatic hydroxyl groups is 1. The van der Waals surface area contributed by atoms with E-state index in [0.717, 1.165) is 4.31 Å². The van der Waals surface area contributed by atoms with Crippen LogP contribution in [0, 0.1) is 6.92 Å². The highest BCUT2D eigenvalue weighted by Crippen LogP contribution is 2.22. The van der Waals surface area contributed by atoms with Gasteiger partial charge in [0.05, 0.1) is 11.0 Å². The molecular formula is C11H16ClNO3S. The summed E-state index contributed by atoms with van der Waals surface area (Å²) in [4.78, 5) is 0.213. The van der Waals surface area contributed by atoms with Crippen LogP contribution in [0.2, 0.25) is 5.02 Å². The molecule has 4 nitrogen and oxygen atoms in total. The molecule has 1 N–H and O–H groups in total. The van der Waals surface area contributed by atoms with Gasteiger partial charge in [0.15, 0.2) is 0 Å². The zero-order valence-electron chi connectivity index (χ0n) is 10.0. The Labute approximate surface area is 107 Å². The number of aliphatic hydroxyl groups excluding tert-OH is 1. The van der Waals surface area contributed by atoms with Gasteiger partial charge in [0.25, 0.3) is 0 Å². The fourth-order valence-corrected chi connectivity index (χ4v) is 3.22. The molecule has 0 saturated carbocycles. The molecule has 0 aromatic heterocycles. The first kappa shape index (κ1) is 14.4. The Hall–Kier alpha value is -0.620. The predicted molar refractivity (Wildman–Crippen MR) is 67.7 cm³/mol. The lowest BCUT2D eigenvalue weighted by Gasteiger charge is -2.19. The summed E-state index contributed by atoms with van der Waals surface area (Å²) in [6, 6.07) is 4.62. The summed E-state index contributed by atoms with van der Waals surface area (Å²) in [6.45, 7) is 3.29. The summed E-state index contributed by atoms with van der Waals surface area (Å²) in [5, 5.41) is 9.72. The van der Waals surface area contributed by atoms with Crippen LogP contribution in [0.5, 0.6) is 0 Å². The van der Waals surface area contributed by atoms with Crippen LogP contribution in [0.4, 0.5) is 0 Å². The van der Waals surface area contributed by atoms with E-state index in [1.54, 1.807) is 19.9 Å². The SMILES string of the molecule is Cc1cc(Cl)ccc1S(=O)(=O)N(C)CC(C)O. The van der Waals surface area contributed by atoms with Crippen molar-refractivity contribution in [3.63, 3.8) is 0 Å². The first-order valence-corrected chi connectivity index (χ1v) is 6.97. The van der Waals surface area contributed by atoms with Gasteiger partial charge in [-0.3, -0.25) is 0 Å². The fraction of sp³-hybridized carbons (Fsp3) is 0.455. The summed E-state index contributed by atoms with van der Waals surface area (Å²) in [7, 11) is -2.13. The molecule has 0 aliphatic rings. The van der Waals surface area contributed by atoms with Crippen molar-refractivity contribution in [2.45, 2.75) is 24.8 Å². The Kier molecular flexibility index (Phi) is 4.55. The van der Waals surface area contributed by atoms with E-state index in [-0.39, 0.29) is 11.4 Å². The molecule has 0 amide bonds. The van der Waals surface area contributed by atoms with E-state index in [2.05, 4.69) is 0 Å². The molecule has 0 radical (unpaired) electrons. The van der Waals surface area contributed by atoms with E-state index in [1.165, 1.54) is 19.2 Å². The van der Waals surface area contributed by atoms with Crippen molar-refractivity contribution in [1.29, 1.82) is 0 Å². The summed E-state index contributed by atoms with van der Waals surface area (Å²) in [5.74, 6) is 0. The van der Waals surface area contributed by atoms with E-state index >= 15 is 0 Å². The lowest BCUT2D eigenvalue weighted by molar-refractivity contribution is 0.171. The van der Waals surface area contributed by atoms with Crippen LogP contribution in [0.3, 0.4) is 0 Å². The van der Waals surface area contributed by atoms with E-state index in [9.17, 15) is 13.5 Å². The van der Waals surface area contributed by atoms with Crippen molar-refractivity contribution < 1.29 is 13.5 Å². The van der Waals surface area contributed by atoms with Gasteiger partial charge in [-0.15, -0.1) is 0 Å². The van der Waals surface area contributed by atoms with Gasteiger partial charge in [0.2, 0.25) is 10.0 Å². The Balaban J connectivity index is 3.13. The molecular weight excluding hydrogens is 262 g/mol. The second kappa shape index (κ2) is 5.35. The summed E-state index contributed by atoms with van der Waals surface area (Å²) in [5.41, 5.74) is 0.593. The Morgan fingerprint density at radius 2 is 2.06 bits per heavy atom. The van der Waals surface area contributed by atoms with Crippen molar-refractivity contribution in [3.8, 4) is 0 Å². The molecule has 1 atom stereocenters. The molecule has 0 heterocycles. The lowest BCUT2D eigenvalue weighted by atomic mass is 10.2. The van der Waals surface area contributed by atoms with Gasteiger partial charge in [-0.25, -0.2) is 8.42 Å². The Bertz CT molecular complexity index is 499. The first-order valence-electron chi connectivity index (χ1n) is 5.15. The molecule has 0 bridgehead atoms. The van der Waals surface area contributed by atoms with Gasteiger partial charge >= 0.3 is 0 Å². The number of rotatable bonds is 4. The monoisotopic (exact) mass is 277 g/mol. The zero-order valence-corrected chi connectivity index (χ0v) is 11.6. The van der Waals surface area contributed by atoms with E-state index < -0.39 is 16.1 Å². The zero-order chi connectivity index (χ0) is 13.2. The maximum Gasteiger partial charge on any atom is 0.243 e. The quantitative estimate of drug-likeness (QED) is 0.910. The number of sulfonamides is 1. The molecule has 1 rings (SSSR count). The molecule has 96 valence electrons. The average Bonchev–Trinajstić information content (AvgIpc) is 2.15. The molecule has 17 heavy (non-hydrogen) atoms. The second-order valence-electron chi connectivity index (χ2n) is 4.04. The van der Waals surface area contributed by atoms with Gasteiger partial charge in [0.1, 0.15) is 0 Å². The van der Waals surface area contributed by atoms with Crippen molar-refractivity contribution in [2.75, 3.05) is 13.6 Å². The standard InChI is InChI=1S/C11H16ClNO3S/c1-8-6-10(12)4-5-11(8)17(15,16)13(3)7-9(2)14/h4-6,9,14H,7H2,1-3H3. The fourth-order valence-electron chi connectivity index (χ4n) is 1.54. The maximum atomic E-state index is 12.2. The van der Waals surface area contributed by atoms with Crippen LogP contribution in [0.15, 0.2) is 23.1 Å². The molecule has 1 unspecified atom stereocenters. The molecule has 1 aromatic rings. The van der Waals surface area contributed by atoms with Crippen molar-refractivity contribution >= 4 is 21.6 Å². The van der Waals surface area contributed by atoms with Crippen molar-refractivity contribution in [2.24, 2.45) is 0 Å². The number of halogens is 1. The Morgan fingerprint density at radius 1 is 1.47 bits per heavy atom. The van der Waals surface area contributed by atoms with Crippen molar-refractivity contribution in [1.82, 2.24) is 4.31 Å². The minimum absolute atomic E-state index is 0.0599. The summed E-state index contributed by atoms with van der Waals surface area (Å²) in [6.07, 6.45) is -0.706. The molecule has 6 heteroatoms. The van der Waals surface area contributed by atoms with Crippen LogP contribution in [0.25, 0.3) is 0 Å². The number of hydrogen-bond acceptors (Lipinski definition) is 3. The van der Waals surface area contributed by atoms with Gasteiger partial charge in [-0.05, 0) is 37.6 Å². The van der Waals surface area contributed by atoms with Crippen molar-refractivity contribution in [3.05, 3.63) is 28.8 Å². The average molecular weight is 278 g/mol. The van der Waals surface area contributed by atoms with Gasteiger partial charge < -0.3 is 5.11 Å². The molecule has 0 fully saturated rings. The molecule has 0 saturated heterocycles. The number of aryl methyl sites for hydroxylation is 1. The molecule has 1 aromatic carbocycles. The third-order valence-corrected chi connectivity index (χ3v) is 4.57. The lowest BCUT2D eigenvalue weighted by Crippen LogP contribution is -2.33. The highest BCUT2D eigenvalue weighted by molar-refractivity contribution is 7.89. The minimum atomic E-state index is -3.57. The highest BCUT2D eigenvalue weighted by atomic mass is 35.5. The number of nitrogens with zero attached hydrogens (tertiary/aromatic N) is 1. The smallest absolute Gasteiger partial charge is 0.243 e. The summed E-state index contributed by atoms with van der Waals surface area (Å²) < 4.78 is 25.5. The maximum absolute atomic E-state index is 12.2. The van der Waals surface area contributed by atoms with Crippen LogP contribution < -0.4 is 0 Å². The number of benzene rings is 1. The third-order valence-electron chi connectivity index (χ3n) is 2.35. The van der Waals surface area contributed by atoms with E-state index in [0.29, 0.717) is 10.6 Å². The largest absolute Gasteiger partial charge is 0.392 e. The highest BCUT2D eigenvalue weighted by Gasteiger charge is 2.23. The molecule has 0 aliphatic carbocycles. The van der Waals surface area contributed by atoms with Crippen LogP contribution in [-0.4, -0.2) is 37.5 Å². The van der Waals surface area contributed by atoms with Crippen LogP contribution in [-0.2, 0) is 10.0 Å². The van der Waals surface area contributed by atoms with E-state index in [1.807, 2.05) is 0 Å². The van der Waals surface area contributed by atoms with Gasteiger partial charge in [-0.1, -0.05) is 11.6 Å². The van der Waals surface area contributed by atoms with E-state index in [4.69, 9.17) is 11.6 Å².